The van der Waals surface area contributed by atoms with E-state index in [1.165, 1.54) is 0 Å². The lowest BCUT2D eigenvalue weighted by molar-refractivity contribution is -0.307. The highest BCUT2D eigenvalue weighted by molar-refractivity contribution is 5.86. The Morgan fingerprint density at radius 1 is 1.04 bits per heavy atom. The number of ether oxygens (including phenoxy) is 1. The minimum Gasteiger partial charge on any atom is -0.546 e. The number of furan rings is 1. The van der Waals surface area contributed by atoms with E-state index in [9.17, 15) is 9.90 Å². The Labute approximate surface area is 148 Å². The summed E-state index contributed by atoms with van der Waals surface area (Å²) in [7, 11) is 0. The zero-order valence-electron chi connectivity index (χ0n) is 13.7. The molecule has 0 amide bonds. The van der Waals surface area contributed by atoms with Gasteiger partial charge in [-0.05, 0) is 6.07 Å². The molecule has 0 saturated carbocycles. The molecule has 0 fully saturated rings. The smallest absolute Gasteiger partial charge is 0.199 e. The van der Waals surface area contributed by atoms with Gasteiger partial charge < -0.3 is 23.5 Å². The van der Waals surface area contributed by atoms with Crippen LogP contribution < -0.4 is 9.84 Å². The number of carbonyl (C=O) groups is 1. The van der Waals surface area contributed by atoms with Crippen LogP contribution in [0.15, 0.2) is 69.9 Å². The van der Waals surface area contributed by atoms with E-state index in [2.05, 4.69) is 4.98 Å². The lowest BCUT2D eigenvalue weighted by Gasteiger charge is -2.06. The molecule has 0 N–H and O–H groups in total. The van der Waals surface area contributed by atoms with Crippen molar-refractivity contribution in [3.8, 4) is 17.0 Å². The van der Waals surface area contributed by atoms with Gasteiger partial charge in [0.05, 0.1) is 18.7 Å². The van der Waals surface area contributed by atoms with Crippen LogP contribution in [0.3, 0.4) is 0 Å². The van der Waals surface area contributed by atoms with Crippen LogP contribution in [0.4, 0.5) is 0 Å². The molecule has 0 atom stereocenters. The number of para-hydroxylation sites is 1. The molecule has 2 aromatic carbocycles. The number of carboxylic acid groups (broad SMARTS) is 1. The number of carboxylic acids is 1. The summed E-state index contributed by atoms with van der Waals surface area (Å²) in [6.07, 6.45) is 3.67. The Kier molecular flexibility index (Phi) is 4.15. The summed E-state index contributed by atoms with van der Waals surface area (Å²) in [6.45, 7) is -0.532. The van der Waals surface area contributed by atoms with Crippen LogP contribution in [0.2, 0.25) is 0 Å². The number of oxazole rings is 1. The van der Waals surface area contributed by atoms with Gasteiger partial charge in [0, 0.05) is 16.5 Å². The van der Waals surface area contributed by atoms with Gasteiger partial charge in [-0.2, -0.15) is 0 Å². The first-order valence-corrected chi connectivity index (χ1v) is 8.02. The van der Waals surface area contributed by atoms with E-state index in [0.29, 0.717) is 23.6 Å². The minimum absolute atomic E-state index is 0.357. The Morgan fingerprint density at radius 3 is 2.69 bits per heavy atom. The molecular weight excluding hydrogens is 334 g/mol. The van der Waals surface area contributed by atoms with Gasteiger partial charge in [-0.25, -0.2) is 4.98 Å². The van der Waals surface area contributed by atoms with Crippen molar-refractivity contribution in [2.24, 2.45) is 0 Å². The maximum absolute atomic E-state index is 10.6. The summed E-state index contributed by atoms with van der Waals surface area (Å²) < 4.78 is 16.4. The molecule has 26 heavy (non-hydrogen) atoms. The van der Waals surface area contributed by atoms with Crippen LogP contribution in [-0.2, 0) is 11.2 Å². The predicted molar refractivity (Wildman–Crippen MR) is 91.5 cm³/mol. The lowest BCUT2D eigenvalue weighted by atomic mass is 10.1. The highest BCUT2D eigenvalue weighted by Crippen LogP contribution is 2.31. The standard InChI is InChI=1S/C20H15NO5/c22-19(23)12-24-17-8-4-7-15-14(10-26-20(15)17)9-18-21-16(11-25-18)13-5-2-1-3-6-13/h1-8,10-11H,9,12H2,(H,22,23)/p-1. The Morgan fingerprint density at radius 2 is 1.88 bits per heavy atom. The van der Waals surface area contributed by atoms with Gasteiger partial charge in [0.2, 0.25) is 0 Å². The second-order valence-electron chi connectivity index (χ2n) is 5.72. The maximum atomic E-state index is 10.6. The van der Waals surface area contributed by atoms with Crippen LogP contribution in [0.1, 0.15) is 11.5 Å². The van der Waals surface area contributed by atoms with Gasteiger partial charge in [0.15, 0.2) is 17.2 Å². The largest absolute Gasteiger partial charge is 0.546 e. The third-order valence-corrected chi connectivity index (χ3v) is 3.95. The minimum atomic E-state index is -1.29. The second-order valence-corrected chi connectivity index (χ2v) is 5.72. The molecule has 2 heterocycles. The van der Waals surface area contributed by atoms with Crippen molar-refractivity contribution in [3.63, 3.8) is 0 Å². The molecule has 4 rings (SSSR count). The number of hydrogen-bond acceptors (Lipinski definition) is 6. The molecule has 6 nitrogen and oxygen atoms in total. The van der Waals surface area contributed by atoms with Gasteiger partial charge in [-0.1, -0.05) is 42.5 Å². The third kappa shape index (κ3) is 3.17. The SMILES string of the molecule is O=C([O-])COc1cccc2c(Cc3nc(-c4ccccc4)co3)coc12. The fourth-order valence-corrected chi connectivity index (χ4v) is 2.77. The highest BCUT2D eigenvalue weighted by Gasteiger charge is 2.14. The highest BCUT2D eigenvalue weighted by atomic mass is 16.5. The first-order valence-electron chi connectivity index (χ1n) is 8.02. The summed E-state index contributed by atoms with van der Waals surface area (Å²) in [5.41, 5.74) is 3.11. The van der Waals surface area contributed by atoms with Crippen molar-refractivity contribution in [3.05, 3.63) is 72.5 Å². The summed E-state index contributed by atoms with van der Waals surface area (Å²) in [6, 6.07) is 15.1. The van der Waals surface area contributed by atoms with Crippen molar-refractivity contribution < 1.29 is 23.5 Å². The van der Waals surface area contributed by atoms with Crippen molar-refractivity contribution in [2.75, 3.05) is 6.61 Å². The maximum Gasteiger partial charge on any atom is 0.199 e. The predicted octanol–water partition coefficient (Wildman–Crippen LogP) is 2.81. The number of aliphatic carboxylic acids is 1. The summed E-state index contributed by atoms with van der Waals surface area (Å²) in [5.74, 6) is -0.370. The third-order valence-electron chi connectivity index (χ3n) is 3.95. The molecular formula is C20H14NO5-. The number of nitrogens with zero attached hydrogens (tertiary/aromatic N) is 1. The zero-order valence-corrected chi connectivity index (χ0v) is 13.7. The van der Waals surface area contributed by atoms with Gasteiger partial charge in [-0.3, -0.25) is 0 Å². The molecule has 0 saturated heterocycles. The number of carbonyl (C=O) groups excluding carboxylic acids is 1. The van der Waals surface area contributed by atoms with E-state index >= 15 is 0 Å². The monoisotopic (exact) mass is 348 g/mol. The van der Waals surface area contributed by atoms with Gasteiger partial charge in [0.25, 0.3) is 0 Å². The molecule has 0 spiro atoms. The molecule has 0 aliphatic rings. The Bertz CT molecular complexity index is 1050. The van der Waals surface area contributed by atoms with Crippen LogP contribution in [0, 0.1) is 0 Å². The molecule has 6 heteroatoms. The van der Waals surface area contributed by atoms with Gasteiger partial charge in [0.1, 0.15) is 18.6 Å². The molecule has 0 radical (unpaired) electrons. The topological polar surface area (TPSA) is 88.5 Å². The molecule has 0 bridgehead atoms. The van der Waals surface area contributed by atoms with E-state index in [0.717, 1.165) is 22.2 Å². The molecule has 130 valence electrons. The lowest BCUT2D eigenvalue weighted by Crippen LogP contribution is -2.28. The van der Waals surface area contributed by atoms with Crippen molar-refractivity contribution in [1.29, 1.82) is 0 Å². The van der Waals surface area contributed by atoms with E-state index in [4.69, 9.17) is 13.6 Å². The molecule has 0 aliphatic carbocycles. The fraction of sp³-hybridized carbons (Fsp3) is 0.100. The number of rotatable bonds is 6. The number of fused-ring (bicyclic) bond motifs is 1. The van der Waals surface area contributed by atoms with E-state index in [1.54, 1.807) is 24.7 Å². The van der Waals surface area contributed by atoms with Crippen LogP contribution in [-0.4, -0.2) is 17.6 Å². The molecule has 2 aromatic heterocycles. The molecule has 0 aliphatic heterocycles. The average molecular weight is 348 g/mol. The fourth-order valence-electron chi connectivity index (χ4n) is 2.77. The van der Waals surface area contributed by atoms with Crippen molar-refractivity contribution in [2.45, 2.75) is 6.42 Å². The Balaban J connectivity index is 1.59. The van der Waals surface area contributed by atoms with E-state index in [1.807, 2.05) is 36.4 Å². The Hall–Kier alpha value is -3.54. The van der Waals surface area contributed by atoms with Crippen LogP contribution in [0.25, 0.3) is 22.2 Å². The number of aromatic nitrogens is 1. The quantitative estimate of drug-likeness (QED) is 0.532. The van der Waals surface area contributed by atoms with Crippen LogP contribution in [0.5, 0.6) is 5.75 Å². The van der Waals surface area contributed by atoms with Crippen molar-refractivity contribution >= 4 is 16.9 Å². The second kappa shape index (κ2) is 6.76. The first-order chi connectivity index (χ1) is 12.7. The molecule has 0 unspecified atom stereocenters. The van der Waals surface area contributed by atoms with Crippen LogP contribution >= 0.6 is 0 Å². The van der Waals surface area contributed by atoms with Crippen molar-refractivity contribution in [1.82, 2.24) is 4.98 Å². The summed E-state index contributed by atoms with van der Waals surface area (Å²) in [4.78, 5) is 15.1. The normalized spacial score (nSPS) is 10.9. The zero-order chi connectivity index (χ0) is 17.9. The average Bonchev–Trinajstić information content (AvgIpc) is 3.29. The van der Waals surface area contributed by atoms with E-state index < -0.39 is 12.6 Å². The number of benzene rings is 2. The number of hydrogen-bond donors (Lipinski definition) is 0. The first kappa shape index (κ1) is 16.0. The van der Waals surface area contributed by atoms with Gasteiger partial charge >= 0.3 is 0 Å². The summed E-state index contributed by atoms with van der Waals surface area (Å²) >= 11 is 0. The van der Waals surface area contributed by atoms with E-state index in [-0.39, 0.29) is 0 Å². The molecule has 4 aromatic rings. The summed E-state index contributed by atoms with van der Waals surface area (Å²) in [5, 5.41) is 11.4. The van der Waals surface area contributed by atoms with Gasteiger partial charge in [-0.15, -0.1) is 0 Å².